The van der Waals surface area contributed by atoms with Crippen molar-refractivity contribution in [1.82, 2.24) is 4.90 Å². The van der Waals surface area contributed by atoms with Gasteiger partial charge in [-0.3, -0.25) is 0 Å². The van der Waals surface area contributed by atoms with Crippen LogP contribution in [-0.4, -0.2) is 24.0 Å². The van der Waals surface area contributed by atoms with E-state index in [-0.39, 0.29) is 0 Å². The van der Waals surface area contributed by atoms with Crippen LogP contribution in [0.25, 0.3) is 0 Å². The number of likely N-dealkylation sites (tertiary alicyclic amines) is 1. The molecule has 1 aliphatic heterocycles. The molecule has 1 saturated heterocycles. The van der Waals surface area contributed by atoms with Gasteiger partial charge in [0.05, 0.1) is 0 Å². The lowest BCUT2D eigenvalue weighted by Gasteiger charge is -2.43. The van der Waals surface area contributed by atoms with Crippen molar-refractivity contribution in [3.63, 3.8) is 0 Å². The fraction of sp³-hybridized carbons (Fsp3) is 1.00. The smallest absolute Gasteiger partial charge is 0.00956 e. The predicted molar refractivity (Wildman–Crippen MR) is 75.2 cm³/mol. The van der Waals surface area contributed by atoms with Crippen LogP contribution in [0.2, 0.25) is 0 Å². The van der Waals surface area contributed by atoms with E-state index in [1.807, 2.05) is 0 Å². The molecule has 2 rings (SSSR count). The Balaban J connectivity index is 1.78. The van der Waals surface area contributed by atoms with Gasteiger partial charge in [0.2, 0.25) is 0 Å². The topological polar surface area (TPSA) is 3.24 Å². The van der Waals surface area contributed by atoms with Crippen molar-refractivity contribution in [3.05, 3.63) is 0 Å². The minimum absolute atomic E-state index is 0.618. The van der Waals surface area contributed by atoms with Crippen molar-refractivity contribution in [3.8, 4) is 0 Å². The largest absolute Gasteiger partial charge is 0.300 e. The van der Waals surface area contributed by atoms with Gasteiger partial charge in [-0.1, -0.05) is 27.7 Å². The van der Waals surface area contributed by atoms with Crippen molar-refractivity contribution < 1.29 is 0 Å². The Kier molecular flexibility index (Phi) is 4.18. The summed E-state index contributed by atoms with van der Waals surface area (Å²) in [5, 5.41) is 0. The molecule has 2 fully saturated rings. The predicted octanol–water partition coefficient (Wildman–Crippen LogP) is 4.32. The minimum Gasteiger partial charge on any atom is -0.300 e. The fourth-order valence-electron chi connectivity index (χ4n) is 3.70. The number of rotatable bonds is 2. The molecule has 1 saturated carbocycles. The van der Waals surface area contributed by atoms with Crippen LogP contribution >= 0.6 is 0 Å². The molecule has 1 nitrogen and oxygen atoms in total. The van der Waals surface area contributed by atoms with E-state index < -0.39 is 0 Å². The number of hydrogen-bond acceptors (Lipinski definition) is 1. The highest BCUT2D eigenvalue weighted by Crippen LogP contribution is 2.38. The van der Waals surface area contributed by atoms with E-state index in [2.05, 4.69) is 32.6 Å². The van der Waals surface area contributed by atoms with Crippen molar-refractivity contribution in [2.24, 2.45) is 17.3 Å². The lowest BCUT2D eigenvalue weighted by atomic mass is 9.74. The average molecular weight is 237 g/mol. The maximum atomic E-state index is 2.80. The molecule has 1 heteroatoms. The second kappa shape index (κ2) is 5.30. The highest BCUT2D eigenvalue weighted by molar-refractivity contribution is 4.86. The summed E-state index contributed by atoms with van der Waals surface area (Å²) < 4.78 is 0. The highest BCUT2D eigenvalue weighted by Gasteiger charge is 2.32. The summed E-state index contributed by atoms with van der Waals surface area (Å²) >= 11 is 0. The van der Waals surface area contributed by atoms with E-state index in [0.29, 0.717) is 5.41 Å². The zero-order valence-electron chi connectivity index (χ0n) is 12.3. The van der Waals surface area contributed by atoms with Gasteiger partial charge >= 0.3 is 0 Å². The van der Waals surface area contributed by atoms with Gasteiger partial charge < -0.3 is 4.90 Å². The average Bonchev–Trinajstić information content (AvgIpc) is 2.29. The van der Waals surface area contributed by atoms with Crippen molar-refractivity contribution in [2.75, 3.05) is 13.1 Å². The number of hydrogen-bond donors (Lipinski definition) is 0. The van der Waals surface area contributed by atoms with E-state index in [4.69, 9.17) is 0 Å². The van der Waals surface area contributed by atoms with E-state index in [9.17, 15) is 0 Å². The summed E-state index contributed by atoms with van der Waals surface area (Å²) in [7, 11) is 0. The van der Waals surface area contributed by atoms with E-state index in [1.165, 1.54) is 51.6 Å². The van der Waals surface area contributed by atoms with Gasteiger partial charge in [-0.25, -0.2) is 0 Å². The lowest BCUT2D eigenvalue weighted by Crippen LogP contribution is -2.44. The van der Waals surface area contributed by atoms with Crippen LogP contribution in [0.5, 0.6) is 0 Å². The molecule has 0 spiro atoms. The summed E-state index contributed by atoms with van der Waals surface area (Å²) in [5.41, 5.74) is 0.618. The number of nitrogens with zero attached hydrogens (tertiary/aromatic N) is 1. The van der Waals surface area contributed by atoms with Gasteiger partial charge in [0.1, 0.15) is 0 Å². The van der Waals surface area contributed by atoms with Crippen LogP contribution in [0.15, 0.2) is 0 Å². The second-order valence-corrected chi connectivity index (χ2v) is 7.51. The summed E-state index contributed by atoms with van der Waals surface area (Å²) in [4.78, 5) is 2.80. The molecule has 100 valence electrons. The third-order valence-electron chi connectivity index (χ3n) is 5.34. The van der Waals surface area contributed by atoms with E-state index in [0.717, 1.165) is 17.9 Å². The second-order valence-electron chi connectivity index (χ2n) is 7.51. The van der Waals surface area contributed by atoms with E-state index >= 15 is 0 Å². The van der Waals surface area contributed by atoms with Gasteiger partial charge in [0.15, 0.2) is 0 Å². The molecule has 0 unspecified atom stereocenters. The zero-order chi connectivity index (χ0) is 12.5. The summed E-state index contributed by atoms with van der Waals surface area (Å²) in [6.07, 6.45) is 8.64. The molecule has 1 heterocycles. The maximum Gasteiger partial charge on any atom is 0.00956 e. The monoisotopic (exact) mass is 237 g/mol. The first-order valence-electron chi connectivity index (χ1n) is 7.72. The van der Waals surface area contributed by atoms with Gasteiger partial charge in [-0.2, -0.15) is 0 Å². The van der Waals surface area contributed by atoms with Crippen LogP contribution in [0, 0.1) is 17.3 Å². The molecule has 0 bridgehead atoms. The van der Waals surface area contributed by atoms with Crippen molar-refractivity contribution >= 4 is 0 Å². The Morgan fingerprint density at radius 1 is 0.941 bits per heavy atom. The summed E-state index contributed by atoms with van der Waals surface area (Å²) in [6, 6.07) is 0.913. The lowest BCUT2D eigenvalue weighted by molar-refractivity contribution is 0.0672. The van der Waals surface area contributed by atoms with Crippen molar-refractivity contribution in [2.45, 2.75) is 72.3 Å². The molecule has 0 aromatic carbocycles. The van der Waals surface area contributed by atoms with Crippen LogP contribution in [0.1, 0.15) is 66.2 Å². The third kappa shape index (κ3) is 3.47. The van der Waals surface area contributed by atoms with Crippen LogP contribution in [-0.2, 0) is 0 Å². The summed E-state index contributed by atoms with van der Waals surface area (Å²) in [6.45, 7) is 12.4. The first kappa shape index (κ1) is 13.4. The fourth-order valence-corrected chi connectivity index (χ4v) is 3.70. The molecule has 17 heavy (non-hydrogen) atoms. The molecule has 1 aliphatic carbocycles. The highest BCUT2D eigenvalue weighted by atomic mass is 15.2. The normalized spacial score (nSPS) is 28.8. The maximum absolute atomic E-state index is 2.80. The Labute approximate surface area is 108 Å². The molecule has 0 atom stereocenters. The van der Waals surface area contributed by atoms with Gasteiger partial charge in [0.25, 0.3) is 0 Å². The van der Waals surface area contributed by atoms with Crippen LogP contribution < -0.4 is 0 Å². The molecule has 0 aromatic heterocycles. The molecule has 2 aliphatic rings. The standard InChI is InChI=1S/C16H31N/c1-13(2)14-7-11-17(12-8-14)15-5-9-16(3,4)10-6-15/h13-15H,5-12H2,1-4H3. The Bertz CT molecular complexity index is 226. The van der Waals surface area contributed by atoms with Gasteiger partial charge in [0, 0.05) is 6.04 Å². The zero-order valence-corrected chi connectivity index (χ0v) is 12.3. The molecule has 0 radical (unpaired) electrons. The summed E-state index contributed by atoms with van der Waals surface area (Å²) in [5.74, 6) is 1.88. The molecular weight excluding hydrogens is 206 g/mol. The number of piperidine rings is 1. The molecule has 0 N–H and O–H groups in total. The molecular formula is C16H31N. The quantitative estimate of drug-likeness (QED) is 0.691. The van der Waals surface area contributed by atoms with E-state index in [1.54, 1.807) is 0 Å². The van der Waals surface area contributed by atoms with Gasteiger partial charge in [-0.05, 0) is 68.9 Å². The van der Waals surface area contributed by atoms with Crippen LogP contribution in [0.4, 0.5) is 0 Å². The third-order valence-corrected chi connectivity index (χ3v) is 5.34. The minimum atomic E-state index is 0.618. The first-order chi connectivity index (χ1) is 7.98. The first-order valence-corrected chi connectivity index (χ1v) is 7.72. The SMILES string of the molecule is CC(C)C1CCN(C2CCC(C)(C)CC2)CC1. The van der Waals surface area contributed by atoms with Crippen LogP contribution in [0.3, 0.4) is 0 Å². The molecule has 0 aromatic rings. The Hall–Kier alpha value is -0.0400. The Morgan fingerprint density at radius 2 is 1.47 bits per heavy atom. The van der Waals surface area contributed by atoms with Gasteiger partial charge in [-0.15, -0.1) is 0 Å². The molecule has 0 amide bonds. The Morgan fingerprint density at radius 3 is 1.94 bits per heavy atom. The van der Waals surface area contributed by atoms with Crippen molar-refractivity contribution in [1.29, 1.82) is 0 Å².